The largest absolute Gasteiger partial charge is 0.373 e. The van der Waals surface area contributed by atoms with Gasteiger partial charge in [0.1, 0.15) is 0 Å². The van der Waals surface area contributed by atoms with Gasteiger partial charge >= 0.3 is 6.03 Å². The molecule has 0 bridgehead atoms. The van der Waals surface area contributed by atoms with E-state index in [1.807, 2.05) is 44.2 Å². The molecule has 0 aromatic heterocycles. The lowest BCUT2D eigenvalue weighted by Gasteiger charge is -2.34. The van der Waals surface area contributed by atoms with E-state index in [-0.39, 0.29) is 42.4 Å². The number of piperidine rings is 1. The van der Waals surface area contributed by atoms with Crippen molar-refractivity contribution < 1.29 is 22.7 Å². The zero-order chi connectivity index (χ0) is 22.4. The standard InChI is InChI=1S/C21H32N4O5S/c1-16-14-25(15-17(2)30-16)31(28,29)13-10-22-20(26)18-8-11-24(12-9-18)21(27)23-19-6-4-3-5-7-19/h3-7,16-18H,8-15H2,1-2H3,(H,22,26)(H,23,27). The average Bonchev–Trinajstić information content (AvgIpc) is 2.73. The van der Waals surface area contributed by atoms with Crippen molar-refractivity contribution >= 4 is 27.6 Å². The second kappa shape index (κ2) is 10.4. The Hall–Kier alpha value is -2.17. The van der Waals surface area contributed by atoms with Gasteiger partial charge in [-0.1, -0.05) is 18.2 Å². The number of para-hydroxylation sites is 1. The fourth-order valence-corrected chi connectivity index (χ4v) is 5.50. The number of carbonyl (C=O) groups is 2. The first-order valence-electron chi connectivity index (χ1n) is 10.8. The number of amides is 3. The second-order valence-corrected chi connectivity index (χ2v) is 10.3. The van der Waals surface area contributed by atoms with Crippen molar-refractivity contribution in [3.05, 3.63) is 30.3 Å². The molecule has 0 aliphatic carbocycles. The number of morpholine rings is 1. The van der Waals surface area contributed by atoms with Crippen molar-refractivity contribution in [1.29, 1.82) is 0 Å². The lowest BCUT2D eigenvalue weighted by molar-refractivity contribution is -0.126. The molecule has 10 heteroatoms. The van der Waals surface area contributed by atoms with Crippen LogP contribution in [0.15, 0.2) is 30.3 Å². The lowest BCUT2D eigenvalue weighted by atomic mass is 9.96. The third-order valence-corrected chi connectivity index (χ3v) is 7.42. The molecular formula is C21H32N4O5S. The number of ether oxygens (including phenoxy) is 1. The highest BCUT2D eigenvalue weighted by atomic mass is 32.2. The zero-order valence-electron chi connectivity index (χ0n) is 18.1. The van der Waals surface area contributed by atoms with Crippen LogP contribution in [0.25, 0.3) is 0 Å². The molecule has 2 atom stereocenters. The zero-order valence-corrected chi connectivity index (χ0v) is 18.9. The van der Waals surface area contributed by atoms with Crippen LogP contribution in [-0.4, -0.2) is 80.2 Å². The summed E-state index contributed by atoms with van der Waals surface area (Å²) in [6, 6.07) is 9.06. The Balaban J connectivity index is 1.39. The molecule has 2 aliphatic rings. The molecule has 2 heterocycles. The minimum absolute atomic E-state index is 0.0794. The molecule has 3 rings (SSSR count). The van der Waals surface area contributed by atoms with Gasteiger partial charge in [0, 0.05) is 44.3 Å². The maximum Gasteiger partial charge on any atom is 0.321 e. The normalized spacial score (nSPS) is 23.4. The first kappa shape index (κ1) is 23.5. The predicted octanol–water partition coefficient (Wildman–Crippen LogP) is 1.49. The van der Waals surface area contributed by atoms with E-state index >= 15 is 0 Å². The lowest BCUT2D eigenvalue weighted by Crippen LogP contribution is -2.50. The van der Waals surface area contributed by atoms with Gasteiger partial charge in [0.2, 0.25) is 15.9 Å². The van der Waals surface area contributed by atoms with E-state index in [1.54, 1.807) is 4.90 Å². The molecular weight excluding hydrogens is 420 g/mol. The van der Waals surface area contributed by atoms with Gasteiger partial charge < -0.3 is 20.3 Å². The van der Waals surface area contributed by atoms with E-state index in [1.165, 1.54) is 4.31 Å². The number of sulfonamides is 1. The second-order valence-electron chi connectivity index (χ2n) is 8.24. The molecule has 9 nitrogen and oxygen atoms in total. The Kier molecular flexibility index (Phi) is 7.90. The van der Waals surface area contributed by atoms with Gasteiger partial charge in [-0.05, 0) is 38.8 Å². The molecule has 0 spiro atoms. The predicted molar refractivity (Wildman–Crippen MR) is 118 cm³/mol. The molecule has 0 saturated carbocycles. The van der Waals surface area contributed by atoms with Gasteiger partial charge in [0.05, 0.1) is 18.0 Å². The number of nitrogens with one attached hydrogen (secondary N) is 2. The van der Waals surface area contributed by atoms with Gasteiger partial charge in [-0.25, -0.2) is 13.2 Å². The summed E-state index contributed by atoms with van der Waals surface area (Å²) in [5, 5.41) is 5.61. The molecule has 172 valence electrons. The van der Waals surface area contributed by atoms with E-state index in [9.17, 15) is 18.0 Å². The number of hydrogen-bond acceptors (Lipinski definition) is 5. The number of likely N-dealkylation sites (tertiary alicyclic amines) is 1. The Labute approximate surface area is 184 Å². The number of anilines is 1. The van der Waals surface area contributed by atoms with Crippen LogP contribution in [0.4, 0.5) is 10.5 Å². The maximum atomic E-state index is 12.6. The number of carbonyl (C=O) groups excluding carboxylic acids is 2. The Bertz CT molecular complexity index is 846. The number of hydrogen-bond donors (Lipinski definition) is 2. The van der Waals surface area contributed by atoms with Gasteiger partial charge in [-0.2, -0.15) is 4.31 Å². The smallest absolute Gasteiger partial charge is 0.321 e. The minimum Gasteiger partial charge on any atom is -0.373 e. The summed E-state index contributed by atoms with van der Waals surface area (Å²) in [6.07, 6.45) is 0.827. The molecule has 2 aliphatic heterocycles. The number of nitrogens with zero attached hydrogens (tertiary/aromatic N) is 2. The van der Waals surface area contributed by atoms with Crippen LogP contribution >= 0.6 is 0 Å². The molecule has 3 amide bonds. The molecule has 2 fully saturated rings. The fourth-order valence-electron chi connectivity index (χ4n) is 4.00. The first-order chi connectivity index (χ1) is 14.7. The highest BCUT2D eigenvalue weighted by Crippen LogP contribution is 2.19. The van der Waals surface area contributed by atoms with Crippen molar-refractivity contribution in [3.63, 3.8) is 0 Å². The highest BCUT2D eigenvalue weighted by Gasteiger charge is 2.31. The van der Waals surface area contributed by atoms with Crippen LogP contribution in [0.3, 0.4) is 0 Å². The van der Waals surface area contributed by atoms with Gasteiger partial charge in [0.15, 0.2) is 0 Å². The Morgan fingerprint density at radius 2 is 1.68 bits per heavy atom. The first-order valence-corrected chi connectivity index (χ1v) is 12.4. The van der Waals surface area contributed by atoms with Crippen LogP contribution in [0.5, 0.6) is 0 Å². The summed E-state index contributed by atoms with van der Waals surface area (Å²) >= 11 is 0. The quantitative estimate of drug-likeness (QED) is 0.680. The monoisotopic (exact) mass is 452 g/mol. The van der Waals surface area contributed by atoms with Crippen molar-refractivity contribution in [2.24, 2.45) is 5.92 Å². The topological polar surface area (TPSA) is 108 Å². The van der Waals surface area contributed by atoms with Crippen LogP contribution in [0.2, 0.25) is 0 Å². The number of rotatable bonds is 6. The third-order valence-electron chi connectivity index (χ3n) is 5.62. The molecule has 1 aromatic carbocycles. The molecule has 2 unspecified atom stereocenters. The summed E-state index contributed by atoms with van der Waals surface area (Å²) in [6.45, 7) is 5.43. The summed E-state index contributed by atoms with van der Waals surface area (Å²) in [7, 11) is -3.45. The molecule has 2 saturated heterocycles. The average molecular weight is 453 g/mol. The van der Waals surface area contributed by atoms with Gasteiger partial charge in [-0.15, -0.1) is 0 Å². The van der Waals surface area contributed by atoms with Crippen LogP contribution in [0.1, 0.15) is 26.7 Å². The molecule has 1 aromatic rings. The van der Waals surface area contributed by atoms with E-state index < -0.39 is 10.0 Å². The van der Waals surface area contributed by atoms with Gasteiger partial charge in [-0.3, -0.25) is 4.79 Å². The summed E-state index contributed by atoms with van der Waals surface area (Å²) in [5.74, 6) is -0.495. The summed E-state index contributed by atoms with van der Waals surface area (Å²) in [5.41, 5.74) is 0.734. The number of urea groups is 1. The molecule has 31 heavy (non-hydrogen) atoms. The van der Waals surface area contributed by atoms with Crippen molar-refractivity contribution in [1.82, 2.24) is 14.5 Å². The van der Waals surface area contributed by atoms with Crippen molar-refractivity contribution in [2.45, 2.75) is 38.9 Å². The van der Waals surface area contributed by atoms with Crippen LogP contribution in [-0.2, 0) is 19.6 Å². The van der Waals surface area contributed by atoms with E-state index in [2.05, 4.69) is 10.6 Å². The number of benzene rings is 1. The van der Waals surface area contributed by atoms with E-state index in [0.29, 0.717) is 39.0 Å². The van der Waals surface area contributed by atoms with Crippen LogP contribution < -0.4 is 10.6 Å². The van der Waals surface area contributed by atoms with Crippen LogP contribution in [0, 0.1) is 5.92 Å². The summed E-state index contributed by atoms with van der Waals surface area (Å²) < 4.78 is 32.2. The third kappa shape index (κ3) is 6.65. The Morgan fingerprint density at radius 1 is 1.06 bits per heavy atom. The minimum atomic E-state index is -3.45. The maximum absolute atomic E-state index is 12.6. The SMILES string of the molecule is CC1CN(S(=O)(=O)CCNC(=O)C2CCN(C(=O)Nc3ccccc3)CC2)CC(C)O1. The van der Waals surface area contributed by atoms with E-state index in [0.717, 1.165) is 5.69 Å². The van der Waals surface area contributed by atoms with Crippen molar-refractivity contribution in [3.8, 4) is 0 Å². The fraction of sp³-hybridized carbons (Fsp3) is 0.619. The molecule has 0 radical (unpaired) electrons. The Morgan fingerprint density at radius 3 is 2.29 bits per heavy atom. The summed E-state index contributed by atoms with van der Waals surface area (Å²) in [4.78, 5) is 26.5. The molecule has 2 N–H and O–H groups in total. The van der Waals surface area contributed by atoms with E-state index in [4.69, 9.17) is 4.74 Å². The van der Waals surface area contributed by atoms with Gasteiger partial charge in [0.25, 0.3) is 0 Å². The van der Waals surface area contributed by atoms with Crippen molar-refractivity contribution in [2.75, 3.05) is 43.8 Å². The highest BCUT2D eigenvalue weighted by molar-refractivity contribution is 7.89.